The highest BCUT2D eigenvalue weighted by Crippen LogP contribution is 2.17. The topological polar surface area (TPSA) is 72.2 Å². The maximum Gasteiger partial charge on any atom is 0.240 e. The highest BCUT2D eigenvalue weighted by atomic mass is 32.2. The van der Waals surface area contributed by atoms with Crippen molar-refractivity contribution < 1.29 is 8.42 Å². The van der Waals surface area contributed by atoms with Gasteiger partial charge in [-0.3, -0.25) is 0 Å². The Morgan fingerprint density at radius 3 is 2.65 bits per heavy atom. The number of thiocarbonyl (C=S) groups is 1. The van der Waals surface area contributed by atoms with E-state index in [9.17, 15) is 8.42 Å². The van der Waals surface area contributed by atoms with Gasteiger partial charge in [0.15, 0.2) is 0 Å². The van der Waals surface area contributed by atoms with Crippen molar-refractivity contribution in [1.82, 2.24) is 4.72 Å². The third-order valence-corrected chi connectivity index (χ3v) is 4.14. The van der Waals surface area contributed by atoms with Crippen molar-refractivity contribution in [1.29, 1.82) is 0 Å². The van der Waals surface area contributed by atoms with E-state index in [1.807, 2.05) is 6.92 Å². The SMILES string of the molecule is CCCNS(=O)(=O)c1cc(C(N)=S)ccc1C. The van der Waals surface area contributed by atoms with Gasteiger partial charge in [-0.15, -0.1) is 0 Å². The Balaban J connectivity index is 3.20. The van der Waals surface area contributed by atoms with Gasteiger partial charge in [0, 0.05) is 12.1 Å². The Hall–Kier alpha value is -0.980. The largest absolute Gasteiger partial charge is 0.389 e. The lowest BCUT2D eigenvalue weighted by atomic mass is 10.1. The first-order valence-electron chi connectivity index (χ1n) is 5.28. The van der Waals surface area contributed by atoms with Crippen molar-refractivity contribution in [3.8, 4) is 0 Å². The molecule has 1 rings (SSSR count). The van der Waals surface area contributed by atoms with E-state index >= 15 is 0 Å². The van der Waals surface area contributed by atoms with Crippen molar-refractivity contribution in [2.45, 2.75) is 25.2 Å². The van der Waals surface area contributed by atoms with Crippen LogP contribution in [0.1, 0.15) is 24.5 Å². The average molecular weight is 272 g/mol. The number of hydrogen-bond acceptors (Lipinski definition) is 3. The molecule has 0 heterocycles. The molecule has 4 nitrogen and oxygen atoms in total. The minimum Gasteiger partial charge on any atom is -0.389 e. The lowest BCUT2D eigenvalue weighted by Crippen LogP contribution is -2.25. The van der Waals surface area contributed by atoms with Gasteiger partial charge < -0.3 is 5.73 Å². The fourth-order valence-corrected chi connectivity index (χ4v) is 2.89. The zero-order valence-corrected chi connectivity index (χ0v) is 11.5. The Labute approximate surface area is 107 Å². The molecule has 6 heteroatoms. The fourth-order valence-electron chi connectivity index (χ4n) is 1.36. The molecule has 94 valence electrons. The van der Waals surface area contributed by atoms with Gasteiger partial charge in [-0.25, -0.2) is 13.1 Å². The quantitative estimate of drug-likeness (QED) is 0.793. The molecular formula is C11H16N2O2S2. The number of sulfonamides is 1. The van der Waals surface area contributed by atoms with Crippen molar-refractivity contribution in [3.05, 3.63) is 29.3 Å². The molecule has 0 spiro atoms. The molecule has 0 aliphatic carbocycles. The van der Waals surface area contributed by atoms with E-state index in [4.69, 9.17) is 18.0 Å². The third kappa shape index (κ3) is 3.49. The van der Waals surface area contributed by atoms with Gasteiger partial charge in [0.2, 0.25) is 10.0 Å². The number of hydrogen-bond donors (Lipinski definition) is 2. The molecule has 0 bridgehead atoms. The van der Waals surface area contributed by atoms with Crippen LogP contribution in [0.25, 0.3) is 0 Å². The van der Waals surface area contributed by atoms with Crippen LogP contribution in [0.15, 0.2) is 23.1 Å². The first kappa shape index (κ1) is 14.1. The monoisotopic (exact) mass is 272 g/mol. The van der Waals surface area contributed by atoms with Crippen LogP contribution in [-0.2, 0) is 10.0 Å². The van der Waals surface area contributed by atoms with Crippen molar-refractivity contribution in [2.24, 2.45) is 5.73 Å². The molecule has 1 aromatic carbocycles. The van der Waals surface area contributed by atoms with Gasteiger partial charge in [-0.05, 0) is 25.0 Å². The molecule has 0 aromatic heterocycles. The van der Waals surface area contributed by atoms with Crippen LogP contribution < -0.4 is 10.5 Å². The summed E-state index contributed by atoms with van der Waals surface area (Å²) in [5.74, 6) is 0. The van der Waals surface area contributed by atoms with Crippen LogP contribution >= 0.6 is 12.2 Å². The normalized spacial score (nSPS) is 11.4. The van der Waals surface area contributed by atoms with Crippen molar-refractivity contribution >= 4 is 27.2 Å². The smallest absolute Gasteiger partial charge is 0.240 e. The molecule has 0 unspecified atom stereocenters. The summed E-state index contributed by atoms with van der Waals surface area (Å²) in [5.41, 5.74) is 6.72. The summed E-state index contributed by atoms with van der Waals surface area (Å²) in [6.07, 6.45) is 0.743. The van der Waals surface area contributed by atoms with Crippen LogP contribution in [0, 0.1) is 6.92 Å². The van der Waals surface area contributed by atoms with Gasteiger partial charge >= 0.3 is 0 Å². The minimum absolute atomic E-state index is 0.192. The number of nitrogens with two attached hydrogens (primary N) is 1. The maximum atomic E-state index is 12.0. The van der Waals surface area contributed by atoms with Gasteiger partial charge in [0.1, 0.15) is 4.99 Å². The maximum absolute atomic E-state index is 12.0. The van der Waals surface area contributed by atoms with Crippen LogP contribution in [0.3, 0.4) is 0 Å². The Morgan fingerprint density at radius 1 is 1.47 bits per heavy atom. The molecule has 1 aromatic rings. The molecule has 0 saturated heterocycles. The summed E-state index contributed by atoms with van der Waals surface area (Å²) in [6.45, 7) is 4.06. The van der Waals surface area contributed by atoms with Crippen molar-refractivity contribution in [3.63, 3.8) is 0 Å². The molecule has 0 amide bonds. The second-order valence-electron chi connectivity index (χ2n) is 3.74. The molecule has 3 N–H and O–H groups in total. The lowest BCUT2D eigenvalue weighted by Gasteiger charge is -2.10. The van der Waals surface area contributed by atoms with E-state index in [-0.39, 0.29) is 9.88 Å². The molecule has 17 heavy (non-hydrogen) atoms. The van der Waals surface area contributed by atoms with Crippen LogP contribution in [-0.4, -0.2) is 20.0 Å². The first-order valence-corrected chi connectivity index (χ1v) is 7.17. The fraction of sp³-hybridized carbons (Fsp3) is 0.364. The number of rotatable bonds is 5. The molecular weight excluding hydrogens is 256 g/mol. The second kappa shape index (κ2) is 5.57. The number of aryl methyl sites for hydroxylation is 1. The summed E-state index contributed by atoms with van der Waals surface area (Å²) >= 11 is 4.84. The second-order valence-corrected chi connectivity index (χ2v) is 5.92. The Kier molecular flexibility index (Phi) is 4.62. The van der Waals surface area contributed by atoms with Crippen LogP contribution in [0.4, 0.5) is 0 Å². The molecule has 0 saturated carbocycles. The summed E-state index contributed by atoms with van der Waals surface area (Å²) in [7, 11) is -3.47. The first-order chi connectivity index (χ1) is 7.88. The van der Waals surface area contributed by atoms with E-state index in [0.29, 0.717) is 17.7 Å². The molecule has 0 fully saturated rings. The van der Waals surface area contributed by atoms with E-state index < -0.39 is 10.0 Å². The van der Waals surface area contributed by atoms with Crippen molar-refractivity contribution in [2.75, 3.05) is 6.54 Å². The summed E-state index contributed by atoms with van der Waals surface area (Å²) in [6, 6.07) is 4.93. The zero-order chi connectivity index (χ0) is 13.1. The highest BCUT2D eigenvalue weighted by Gasteiger charge is 2.16. The third-order valence-electron chi connectivity index (χ3n) is 2.30. The Morgan fingerprint density at radius 2 is 2.12 bits per heavy atom. The zero-order valence-electron chi connectivity index (χ0n) is 9.86. The van der Waals surface area contributed by atoms with Crippen LogP contribution in [0.5, 0.6) is 0 Å². The Bertz CT molecular complexity index is 524. The standard InChI is InChI=1S/C11H16N2O2S2/c1-3-6-13-17(14,15)10-7-9(11(12)16)5-4-8(10)2/h4-5,7,13H,3,6H2,1-2H3,(H2,12,16). The average Bonchev–Trinajstić information content (AvgIpc) is 2.26. The summed E-state index contributed by atoms with van der Waals surface area (Å²) < 4.78 is 26.5. The highest BCUT2D eigenvalue weighted by molar-refractivity contribution is 7.89. The summed E-state index contributed by atoms with van der Waals surface area (Å²) in [5, 5.41) is 0. The van der Waals surface area contributed by atoms with E-state index in [1.165, 1.54) is 6.07 Å². The number of benzene rings is 1. The molecule has 0 aliphatic heterocycles. The van der Waals surface area contributed by atoms with Gasteiger partial charge in [-0.2, -0.15) is 0 Å². The molecule has 0 atom stereocenters. The predicted molar refractivity (Wildman–Crippen MR) is 72.5 cm³/mol. The van der Waals surface area contributed by atoms with Gasteiger partial charge in [0.25, 0.3) is 0 Å². The minimum atomic E-state index is -3.47. The van der Waals surface area contributed by atoms with Gasteiger partial charge in [0.05, 0.1) is 4.90 Å². The lowest BCUT2D eigenvalue weighted by molar-refractivity contribution is 0.580. The van der Waals surface area contributed by atoms with Gasteiger partial charge in [-0.1, -0.05) is 31.3 Å². The van der Waals surface area contributed by atoms with Crippen LogP contribution in [0.2, 0.25) is 0 Å². The van der Waals surface area contributed by atoms with E-state index in [0.717, 1.165) is 6.42 Å². The predicted octanol–water partition coefficient (Wildman–Crippen LogP) is 1.32. The molecule has 0 aliphatic rings. The summed E-state index contributed by atoms with van der Waals surface area (Å²) in [4.78, 5) is 0.424. The molecule has 0 radical (unpaired) electrons. The van der Waals surface area contributed by atoms with E-state index in [1.54, 1.807) is 19.1 Å². The van der Waals surface area contributed by atoms with E-state index in [2.05, 4.69) is 4.72 Å². The number of nitrogens with one attached hydrogen (secondary N) is 1.